The van der Waals surface area contributed by atoms with E-state index in [0.29, 0.717) is 38.3 Å². The van der Waals surface area contributed by atoms with Crippen LogP contribution in [0.25, 0.3) is 0 Å². The molecule has 2 saturated heterocycles. The maximum absolute atomic E-state index is 13.9. The molecule has 1 aromatic rings. The SMILES string of the molecule is CCN1C[C@@H](C(=O)N2CCO[C@@H](c3ccccc3F)C2)CC1=O. The quantitative estimate of drug-likeness (QED) is 0.850. The first kappa shape index (κ1) is 15.9. The van der Waals surface area contributed by atoms with Crippen LogP contribution in [-0.4, -0.2) is 54.4 Å². The predicted octanol–water partition coefficient (Wildman–Crippen LogP) is 1.59. The molecule has 2 amide bonds. The molecule has 0 spiro atoms. The van der Waals surface area contributed by atoms with Crippen molar-refractivity contribution in [2.45, 2.75) is 19.4 Å². The molecule has 2 aliphatic heterocycles. The van der Waals surface area contributed by atoms with Crippen molar-refractivity contribution >= 4 is 11.8 Å². The zero-order chi connectivity index (χ0) is 16.4. The van der Waals surface area contributed by atoms with Gasteiger partial charge in [0, 0.05) is 31.6 Å². The van der Waals surface area contributed by atoms with Crippen molar-refractivity contribution in [2.75, 3.05) is 32.8 Å². The number of hydrogen-bond donors (Lipinski definition) is 0. The Kier molecular flexibility index (Phi) is 4.61. The average Bonchev–Trinajstić information content (AvgIpc) is 2.95. The lowest BCUT2D eigenvalue weighted by molar-refractivity contribution is -0.143. The molecule has 0 aromatic heterocycles. The van der Waals surface area contributed by atoms with E-state index in [-0.39, 0.29) is 30.0 Å². The van der Waals surface area contributed by atoms with Gasteiger partial charge in [-0.15, -0.1) is 0 Å². The highest BCUT2D eigenvalue weighted by molar-refractivity contribution is 5.89. The van der Waals surface area contributed by atoms with E-state index in [1.165, 1.54) is 6.07 Å². The van der Waals surface area contributed by atoms with Crippen LogP contribution >= 0.6 is 0 Å². The molecule has 0 radical (unpaired) electrons. The maximum Gasteiger partial charge on any atom is 0.228 e. The number of ether oxygens (including phenoxy) is 1. The molecule has 0 bridgehead atoms. The molecule has 2 atom stereocenters. The summed E-state index contributed by atoms with van der Waals surface area (Å²) in [5, 5.41) is 0. The van der Waals surface area contributed by atoms with Gasteiger partial charge in [-0.1, -0.05) is 18.2 Å². The minimum absolute atomic E-state index is 0.0288. The topological polar surface area (TPSA) is 49.9 Å². The Morgan fingerprint density at radius 2 is 2.13 bits per heavy atom. The number of rotatable bonds is 3. The van der Waals surface area contributed by atoms with Gasteiger partial charge in [0.1, 0.15) is 11.9 Å². The van der Waals surface area contributed by atoms with Crippen molar-refractivity contribution in [2.24, 2.45) is 5.92 Å². The highest BCUT2D eigenvalue weighted by Crippen LogP contribution is 2.27. The zero-order valence-electron chi connectivity index (χ0n) is 13.2. The molecule has 5 nitrogen and oxygen atoms in total. The number of amides is 2. The van der Waals surface area contributed by atoms with Crippen molar-refractivity contribution in [3.63, 3.8) is 0 Å². The van der Waals surface area contributed by atoms with Crippen LogP contribution in [0.3, 0.4) is 0 Å². The molecule has 23 heavy (non-hydrogen) atoms. The first-order valence-corrected chi connectivity index (χ1v) is 8.02. The Balaban J connectivity index is 1.68. The van der Waals surface area contributed by atoms with Gasteiger partial charge in [0.2, 0.25) is 11.8 Å². The van der Waals surface area contributed by atoms with Gasteiger partial charge in [0.05, 0.1) is 19.1 Å². The van der Waals surface area contributed by atoms with E-state index in [1.807, 2.05) is 6.92 Å². The molecule has 124 valence electrons. The molecule has 0 N–H and O–H groups in total. The second-order valence-corrected chi connectivity index (χ2v) is 6.00. The summed E-state index contributed by atoms with van der Waals surface area (Å²) in [6, 6.07) is 6.48. The molecule has 2 fully saturated rings. The number of halogens is 1. The van der Waals surface area contributed by atoms with Gasteiger partial charge in [-0.05, 0) is 13.0 Å². The summed E-state index contributed by atoms with van der Waals surface area (Å²) in [5.41, 5.74) is 0.475. The fraction of sp³-hybridized carbons (Fsp3) is 0.529. The lowest BCUT2D eigenvalue weighted by atomic mass is 10.0. The summed E-state index contributed by atoms with van der Waals surface area (Å²) in [6.45, 7) is 4.22. The molecule has 2 heterocycles. The third-order valence-corrected chi connectivity index (χ3v) is 4.58. The number of benzene rings is 1. The number of likely N-dealkylation sites (tertiary alicyclic amines) is 1. The molecule has 6 heteroatoms. The predicted molar refractivity (Wildman–Crippen MR) is 82.0 cm³/mol. The van der Waals surface area contributed by atoms with Crippen LogP contribution in [0.1, 0.15) is 25.0 Å². The summed E-state index contributed by atoms with van der Waals surface area (Å²) >= 11 is 0. The van der Waals surface area contributed by atoms with Crippen LogP contribution in [0.2, 0.25) is 0 Å². The third-order valence-electron chi connectivity index (χ3n) is 4.58. The monoisotopic (exact) mass is 320 g/mol. The molecule has 0 unspecified atom stereocenters. The summed E-state index contributed by atoms with van der Waals surface area (Å²) in [4.78, 5) is 27.9. The van der Waals surface area contributed by atoms with Gasteiger partial charge < -0.3 is 14.5 Å². The first-order chi connectivity index (χ1) is 11.1. The minimum Gasteiger partial charge on any atom is -0.370 e. The number of hydrogen-bond acceptors (Lipinski definition) is 3. The fourth-order valence-corrected chi connectivity index (χ4v) is 3.28. The highest BCUT2D eigenvalue weighted by Gasteiger charge is 2.37. The molecule has 1 aromatic carbocycles. The number of nitrogens with zero attached hydrogens (tertiary/aromatic N) is 2. The van der Waals surface area contributed by atoms with Crippen LogP contribution in [0.4, 0.5) is 4.39 Å². The van der Waals surface area contributed by atoms with Crippen molar-refractivity contribution in [1.82, 2.24) is 9.80 Å². The van der Waals surface area contributed by atoms with E-state index in [1.54, 1.807) is 28.0 Å². The van der Waals surface area contributed by atoms with E-state index < -0.39 is 6.10 Å². The van der Waals surface area contributed by atoms with E-state index in [0.717, 1.165) is 0 Å². The number of morpholine rings is 1. The Labute approximate surface area is 135 Å². The minimum atomic E-state index is -0.451. The largest absolute Gasteiger partial charge is 0.370 e. The highest BCUT2D eigenvalue weighted by atomic mass is 19.1. The Bertz CT molecular complexity index is 607. The van der Waals surface area contributed by atoms with E-state index in [9.17, 15) is 14.0 Å². The van der Waals surface area contributed by atoms with Crippen LogP contribution in [-0.2, 0) is 14.3 Å². The summed E-state index contributed by atoms with van der Waals surface area (Å²) in [5.74, 6) is -0.606. The summed E-state index contributed by atoms with van der Waals surface area (Å²) in [6.07, 6.45) is -0.178. The van der Waals surface area contributed by atoms with Crippen molar-refractivity contribution in [3.05, 3.63) is 35.6 Å². The van der Waals surface area contributed by atoms with E-state index in [2.05, 4.69) is 0 Å². The molecule has 0 aliphatic carbocycles. The zero-order valence-corrected chi connectivity index (χ0v) is 13.2. The fourth-order valence-electron chi connectivity index (χ4n) is 3.28. The van der Waals surface area contributed by atoms with Gasteiger partial charge in [0.25, 0.3) is 0 Å². The summed E-state index contributed by atoms with van der Waals surface area (Å²) < 4.78 is 19.6. The van der Waals surface area contributed by atoms with E-state index in [4.69, 9.17) is 4.74 Å². The number of carbonyl (C=O) groups excluding carboxylic acids is 2. The lowest BCUT2D eigenvalue weighted by Crippen LogP contribution is -2.45. The number of carbonyl (C=O) groups is 2. The van der Waals surface area contributed by atoms with E-state index >= 15 is 0 Å². The van der Waals surface area contributed by atoms with Gasteiger partial charge in [0.15, 0.2) is 0 Å². The van der Waals surface area contributed by atoms with Gasteiger partial charge in [-0.25, -0.2) is 4.39 Å². The van der Waals surface area contributed by atoms with Crippen LogP contribution in [0.15, 0.2) is 24.3 Å². The molecule has 2 aliphatic rings. The van der Waals surface area contributed by atoms with Gasteiger partial charge in [-0.2, -0.15) is 0 Å². The average molecular weight is 320 g/mol. The molecular formula is C17H21FN2O3. The van der Waals surface area contributed by atoms with Gasteiger partial charge in [-0.3, -0.25) is 9.59 Å². The molecule has 3 rings (SSSR count). The Hall–Kier alpha value is -1.95. The maximum atomic E-state index is 13.9. The van der Waals surface area contributed by atoms with Crippen molar-refractivity contribution < 1.29 is 18.7 Å². The molecule has 0 saturated carbocycles. The standard InChI is InChI=1S/C17H21FN2O3/c1-2-19-10-12(9-16(19)21)17(22)20-7-8-23-15(11-20)13-5-3-4-6-14(13)18/h3-6,12,15H,2,7-11H2,1H3/t12-,15+/m0/s1. The first-order valence-electron chi connectivity index (χ1n) is 8.02. The second kappa shape index (κ2) is 6.66. The Morgan fingerprint density at radius 3 is 2.83 bits per heavy atom. The van der Waals surface area contributed by atoms with Crippen LogP contribution in [0.5, 0.6) is 0 Å². The van der Waals surface area contributed by atoms with Gasteiger partial charge >= 0.3 is 0 Å². The van der Waals surface area contributed by atoms with Crippen LogP contribution in [0, 0.1) is 11.7 Å². The van der Waals surface area contributed by atoms with Crippen LogP contribution < -0.4 is 0 Å². The molecular weight excluding hydrogens is 299 g/mol. The second-order valence-electron chi connectivity index (χ2n) is 6.00. The summed E-state index contributed by atoms with van der Waals surface area (Å²) in [7, 11) is 0. The lowest BCUT2D eigenvalue weighted by Gasteiger charge is -2.34. The van der Waals surface area contributed by atoms with Crippen molar-refractivity contribution in [1.29, 1.82) is 0 Å². The normalized spacial score (nSPS) is 25.0. The Morgan fingerprint density at radius 1 is 1.35 bits per heavy atom. The smallest absolute Gasteiger partial charge is 0.228 e. The third kappa shape index (κ3) is 3.22. The van der Waals surface area contributed by atoms with Crippen molar-refractivity contribution in [3.8, 4) is 0 Å².